The lowest BCUT2D eigenvalue weighted by molar-refractivity contribution is 0.311. The van der Waals surface area contributed by atoms with E-state index >= 15 is 0 Å². The first-order chi connectivity index (χ1) is 8.56. The zero-order valence-electron chi connectivity index (χ0n) is 10.6. The average Bonchev–Trinajstić information content (AvgIpc) is 2.69. The number of halogens is 1. The molecule has 0 bridgehead atoms. The number of furan rings is 1. The predicted octanol–water partition coefficient (Wildman–Crippen LogP) is 2.94. The van der Waals surface area contributed by atoms with Crippen LogP contribution in [0.1, 0.15) is 16.9 Å². The molecule has 2 rings (SSSR count). The molecule has 0 fully saturated rings. The van der Waals surface area contributed by atoms with E-state index in [1.807, 2.05) is 24.9 Å². The van der Waals surface area contributed by atoms with Crippen molar-refractivity contribution in [1.29, 1.82) is 0 Å². The number of nitrogens with zero attached hydrogens (tertiary/aromatic N) is 1. The van der Waals surface area contributed by atoms with Gasteiger partial charge in [0.15, 0.2) is 0 Å². The average molecular weight is 248 g/mol. The zero-order valence-corrected chi connectivity index (χ0v) is 10.6. The number of benzene rings is 1. The number of hydrogen-bond acceptors (Lipinski definition) is 3. The van der Waals surface area contributed by atoms with Gasteiger partial charge in [0.2, 0.25) is 0 Å². The molecular weight excluding hydrogens is 231 g/mol. The van der Waals surface area contributed by atoms with Gasteiger partial charge in [0.1, 0.15) is 11.6 Å². The summed E-state index contributed by atoms with van der Waals surface area (Å²) < 4.78 is 18.9. The molecule has 0 unspecified atom stereocenters. The van der Waals surface area contributed by atoms with Gasteiger partial charge in [-0.2, -0.15) is 0 Å². The molecule has 0 aliphatic heterocycles. The Labute approximate surface area is 106 Å². The highest BCUT2D eigenvalue weighted by Gasteiger charge is 2.09. The molecule has 0 saturated heterocycles. The molecule has 1 heterocycles. The molecule has 96 valence electrons. The summed E-state index contributed by atoms with van der Waals surface area (Å²) in [7, 11) is 1.95. The quantitative estimate of drug-likeness (QED) is 0.846. The summed E-state index contributed by atoms with van der Waals surface area (Å²) in [6.07, 6.45) is 1.67. The first-order valence-corrected chi connectivity index (χ1v) is 5.81. The molecule has 0 aliphatic rings. The van der Waals surface area contributed by atoms with Crippen LogP contribution in [0.25, 0.3) is 0 Å². The van der Waals surface area contributed by atoms with Crippen LogP contribution in [0, 0.1) is 12.7 Å². The summed E-state index contributed by atoms with van der Waals surface area (Å²) in [5, 5.41) is 0. The molecule has 2 N–H and O–H groups in total. The van der Waals surface area contributed by atoms with Crippen molar-refractivity contribution >= 4 is 5.69 Å². The van der Waals surface area contributed by atoms with E-state index < -0.39 is 0 Å². The van der Waals surface area contributed by atoms with Crippen molar-refractivity contribution < 1.29 is 8.81 Å². The molecule has 1 aromatic heterocycles. The van der Waals surface area contributed by atoms with Gasteiger partial charge in [0.05, 0.1) is 6.26 Å². The summed E-state index contributed by atoms with van der Waals surface area (Å²) in [4.78, 5) is 2.03. The van der Waals surface area contributed by atoms with Gasteiger partial charge in [-0.25, -0.2) is 4.39 Å². The largest absolute Gasteiger partial charge is 0.469 e. The fraction of sp³-hybridized carbons (Fsp3) is 0.286. The Hall–Kier alpha value is -1.81. The Morgan fingerprint density at radius 1 is 1.22 bits per heavy atom. The smallest absolute Gasteiger partial charge is 0.129 e. The first-order valence-electron chi connectivity index (χ1n) is 5.81. The molecule has 0 aliphatic carbocycles. The maximum atomic E-state index is 13.6. The number of hydrogen-bond donors (Lipinski definition) is 1. The fourth-order valence-corrected chi connectivity index (χ4v) is 1.90. The number of anilines is 1. The lowest BCUT2D eigenvalue weighted by Crippen LogP contribution is -2.18. The van der Waals surface area contributed by atoms with Crippen LogP contribution in [0.15, 0.2) is 34.9 Å². The van der Waals surface area contributed by atoms with E-state index in [2.05, 4.69) is 0 Å². The maximum absolute atomic E-state index is 13.6. The normalized spacial score (nSPS) is 11.1. The van der Waals surface area contributed by atoms with Crippen LogP contribution in [0.5, 0.6) is 0 Å². The number of aryl methyl sites for hydroxylation is 1. The lowest BCUT2D eigenvalue weighted by atomic mass is 10.1. The first kappa shape index (κ1) is 12.6. The van der Waals surface area contributed by atoms with E-state index in [0.29, 0.717) is 17.8 Å². The Bertz CT molecular complexity index is 536. The van der Waals surface area contributed by atoms with Crippen LogP contribution in [-0.2, 0) is 13.1 Å². The number of nitrogens with two attached hydrogens (primary N) is 1. The highest BCUT2D eigenvalue weighted by molar-refractivity contribution is 5.40. The molecule has 3 nitrogen and oxygen atoms in total. The monoisotopic (exact) mass is 248 g/mol. The molecule has 0 spiro atoms. The summed E-state index contributed by atoms with van der Waals surface area (Å²) in [5.74, 6) is 0.644. The van der Waals surface area contributed by atoms with Crippen molar-refractivity contribution in [2.75, 3.05) is 12.8 Å². The second-order valence-electron chi connectivity index (χ2n) is 4.53. The Morgan fingerprint density at radius 2 is 1.94 bits per heavy atom. The van der Waals surface area contributed by atoms with Crippen molar-refractivity contribution in [2.24, 2.45) is 0 Å². The van der Waals surface area contributed by atoms with Gasteiger partial charge < -0.3 is 10.2 Å². The third-order valence-electron chi connectivity index (χ3n) is 2.92. The molecular formula is C14H17FN2O. The van der Waals surface area contributed by atoms with Gasteiger partial charge >= 0.3 is 0 Å². The standard InChI is InChI=1S/C14H17FN2O/c1-10-11(5-6-18-10)8-17(2)9-12-3-4-13(16)7-14(12)15/h3-7H,8-9,16H2,1-2H3. The molecule has 1 aromatic carbocycles. The van der Waals surface area contributed by atoms with Crippen molar-refractivity contribution in [3.05, 3.63) is 53.2 Å². The van der Waals surface area contributed by atoms with Crippen LogP contribution in [0.4, 0.5) is 10.1 Å². The maximum Gasteiger partial charge on any atom is 0.129 e. The van der Waals surface area contributed by atoms with Crippen LogP contribution in [0.2, 0.25) is 0 Å². The fourth-order valence-electron chi connectivity index (χ4n) is 1.90. The molecule has 0 radical (unpaired) electrons. The highest BCUT2D eigenvalue weighted by atomic mass is 19.1. The van der Waals surface area contributed by atoms with Crippen molar-refractivity contribution in [2.45, 2.75) is 20.0 Å². The summed E-state index contributed by atoms with van der Waals surface area (Å²) >= 11 is 0. The van der Waals surface area contributed by atoms with Crippen LogP contribution in [0.3, 0.4) is 0 Å². The predicted molar refractivity (Wildman–Crippen MR) is 69.4 cm³/mol. The minimum atomic E-state index is -0.259. The van der Waals surface area contributed by atoms with E-state index in [9.17, 15) is 4.39 Å². The van der Waals surface area contributed by atoms with E-state index in [-0.39, 0.29) is 5.82 Å². The molecule has 18 heavy (non-hydrogen) atoms. The third-order valence-corrected chi connectivity index (χ3v) is 2.92. The second kappa shape index (κ2) is 5.23. The topological polar surface area (TPSA) is 42.4 Å². The SMILES string of the molecule is Cc1occc1CN(C)Cc1ccc(N)cc1F. The van der Waals surface area contributed by atoms with Gasteiger partial charge in [-0.1, -0.05) is 6.07 Å². The minimum Gasteiger partial charge on any atom is -0.469 e. The van der Waals surface area contributed by atoms with Crippen molar-refractivity contribution in [3.63, 3.8) is 0 Å². The van der Waals surface area contributed by atoms with Gasteiger partial charge in [-0.05, 0) is 32.2 Å². The Balaban J connectivity index is 2.03. The summed E-state index contributed by atoms with van der Waals surface area (Å²) in [5.41, 5.74) is 7.74. The van der Waals surface area contributed by atoms with Gasteiger partial charge in [-0.15, -0.1) is 0 Å². The minimum absolute atomic E-state index is 0.259. The second-order valence-corrected chi connectivity index (χ2v) is 4.53. The summed E-state index contributed by atoms with van der Waals surface area (Å²) in [6, 6.07) is 6.73. The number of nitrogen functional groups attached to an aromatic ring is 1. The molecule has 4 heteroatoms. The molecule has 0 amide bonds. The van der Waals surface area contributed by atoms with E-state index in [1.165, 1.54) is 6.07 Å². The van der Waals surface area contributed by atoms with Gasteiger partial charge in [0.25, 0.3) is 0 Å². The molecule has 0 atom stereocenters. The zero-order chi connectivity index (χ0) is 13.1. The lowest BCUT2D eigenvalue weighted by Gasteiger charge is -2.16. The highest BCUT2D eigenvalue weighted by Crippen LogP contribution is 2.16. The van der Waals surface area contributed by atoms with E-state index in [1.54, 1.807) is 18.4 Å². The van der Waals surface area contributed by atoms with Crippen LogP contribution < -0.4 is 5.73 Å². The number of rotatable bonds is 4. The third kappa shape index (κ3) is 2.90. The van der Waals surface area contributed by atoms with Crippen molar-refractivity contribution in [3.8, 4) is 0 Å². The Morgan fingerprint density at radius 3 is 2.56 bits per heavy atom. The van der Waals surface area contributed by atoms with Crippen LogP contribution >= 0.6 is 0 Å². The van der Waals surface area contributed by atoms with Crippen molar-refractivity contribution in [1.82, 2.24) is 4.90 Å². The van der Waals surface area contributed by atoms with E-state index in [4.69, 9.17) is 10.2 Å². The molecule has 0 saturated carbocycles. The van der Waals surface area contributed by atoms with Crippen LogP contribution in [-0.4, -0.2) is 11.9 Å². The molecule has 2 aromatic rings. The Kier molecular flexibility index (Phi) is 3.67. The van der Waals surface area contributed by atoms with Gasteiger partial charge in [-0.3, -0.25) is 4.90 Å². The summed E-state index contributed by atoms with van der Waals surface area (Å²) in [6.45, 7) is 3.19. The van der Waals surface area contributed by atoms with Gasteiger partial charge in [0, 0.05) is 29.9 Å². The van der Waals surface area contributed by atoms with E-state index in [0.717, 1.165) is 17.9 Å².